The van der Waals surface area contributed by atoms with Crippen molar-refractivity contribution in [3.05, 3.63) is 47.6 Å². The standard InChI is InChI=1S/C18H15Cl2FN4O4S/c1-10(26)28-29-11(2)27-18-15(20)16(12-5-6-14(21)23-8-12)25(24-18)17-13(30-9-19)4-3-7-22-17/h3-8,11H,9H2,1-2H3. The molecule has 0 spiro atoms. The van der Waals surface area contributed by atoms with Crippen LogP contribution in [0.15, 0.2) is 41.6 Å². The zero-order valence-electron chi connectivity index (χ0n) is 15.7. The largest absolute Gasteiger partial charge is 0.442 e. The van der Waals surface area contributed by atoms with E-state index in [1.54, 1.807) is 12.3 Å². The van der Waals surface area contributed by atoms with Crippen LogP contribution in [0.2, 0.25) is 5.02 Å². The van der Waals surface area contributed by atoms with Gasteiger partial charge in [-0.25, -0.2) is 19.4 Å². The van der Waals surface area contributed by atoms with Gasteiger partial charge < -0.3 is 4.74 Å². The topological polar surface area (TPSA) is 88.4 Å². The van der Waals surface area contributed by atoms with Crippen molar-refractivity contribution in [3.63, 3.8) is 0 Å². The van der Waals surface area contributed by atoms with E-state index in [2.05, 4.69) is 20.0 Å². The lowest BCUT2D eigenvalue weighted by atomic mass is 10.2. The molecule has 0 saturated carbocycles. The molecule has 0 radical (unpaired) electrons. The van der Waals surface area contributed by atoms with Crippen LogP contribution in [0.25, 0.3) is 17.1 Å². The molecule has 0 aliphatic rings. The minimum Gasteiger partial charge on any atom is -0.442 e. The summed E-state index contributed by atoms with van der Waals surface area (Å²) in [6, 6.07) is 6.28. The van der Waals surface area contributed by atoms with Crippen LogP contribution in [0.5, 0.6) is 5.88 Å². The third-order valence-electron chi connectivity index (χ3n) is 3.54. The second-order valence-corrected chi connectivity index (χ2v) is 7.66. The fourth-order valence-corrected chi connectivity index (χ4v) is 3.58. The Morgan fingerprint density at radius 3 is 2.80 bits per heavy atom. The molecule has 0 aromatic carbocycles. The first-order valence-electron chi connectivity index (χ1n) is 8.45. The van der Waals surface area contributed by atoms with Gasteiger partial charge in [-0.15, -0.1) is 33.3 Å². The summed E-state index contributed by atoms with van der Waals surface area (Å²) < 4.78 is 20.3. The van der Waals surface area contributed by atoms with Crippen LogP contribution in [-0.2, 0) is 14.6 Å². The molecular formula is C18H15Cl2FN4O4S. The van der Waals surface area contributed by atoms with Crippen LogP contribution in [0.4, 0.5) is 4.39 Å². The number of aromatic nitrogens is 4. The molecule has 0 bridgehead atoms. The Bertz CT molecular complexity index is 1040. The molecular weight excluding hydrogens is 458 g/mol. The molecule has 0 fully saturated rings. The van der Waals surface area contributed by atoms with E-state index >= 15 is 0 Å². The summed E-state index contributed by atoms with van der Waals surface area (Å²) in [6.07, 6.45) is 1.90. The van der Waals surface area contributed by atoms with E-state index in [-0.39, 0.29) is 16.1 Å². The summed E-state index contributed by atoms with van der Waals surface area (Å²) >= 11 is 13.8. The molecule has 3 aromatic heterocycles. The van der Waals surface area contributed by atoms with Crippen LogP contribution < -0.4 is 4.74 Å². The summed E-state index contributed by atoms with van der Waals surface area (Å²) in [5, 5.41) is 4.79. The van der Waals surface area contributed by atoms with Crippen LogP contribution >= 0.6 is 35.0 Å². The summed E-state index contributed by atoms with van der Waals surface area (Å²) in [7, 11) is 0. The van der Waals surface area contributed by atoms with Gasteiger partial charge in [0.2, 0.25) is 12.2 Å². The highest BCUT2D eigenvalue weighted by atomic mass is 35.5. The first kappa shape index (κ1) is 22.3. The van der Waals surface area contributed by atoms with E-state index in [1.165, 1.54) is 48.6 Å². The summed E-state index contributed by atoms with van der Waals surface area (Å²) in [4.78, 5) is 29.0. The molecule has 0 aliphatic heterocycles. The third-order valence-corrected chi connectivity index (χ3v) is 4.95. The number of thioether (sulfide) groups is 1. The number of pyridine rings is 2. The first-order valence-corrected chi connectivity index (χ1v) is 10.4. The fourth-order valence-electron chi connectivity index (χ4n) is 2.40. The van der Waals surface area contributed by atoms with Gasteiger partial charge >= 0.3 is 5.97 Å². The van der Waals surface area contributed by atoms with Crippen molar-refractivity contribution in [1.82, 2.24) is 19.7 Å². The Morgan fingerprint density at radius 2 is 2.13 bits per heavy atom. The van der Waals surface area contributed by atoms with Gasteiger partial charge in [0.1, 0.15) is 10.7 Å². The van der Waals surface area contributed by atoms with E-state index < -0.39 is 18.2 Å². The molecule has 8 nitrogen and oxygen atoms in total. The van der Waals surface area contributed by atoms with Gasteiger partial charge in [0.05, 0.1) is 10.1 Å². The number of hydrogen-bond acceptors (Lipinski definition) is 8. The number of rotatable bonds is 8. The SMILES string of the molecule is CC(=O)OOC(C)Oc1nn(-c2ncccc2SCCl)c(-c2ccc(F)nc2)c1Cl. The highest BCUT2D eigenvalue weighted by molar-refractivity contribution is 8.00. The Balaban J connectivity index is 2.08. The number of hydrogen-bond donors (Lipinski definition) is 0. The van der Waals surface area contributed by atoms with E-state index in [0.717, 1.165) is 4.90 Å². The van der Waals surface area contributed by atoms with Gasteiger partial charge in [-0.3, -0.25) is 4.89 Å². The Labute approximate surface area is 185 Å². The molecule has 3 aromatic rings. The summed E-state index contributed by atoms with van der Waals surface area (Å²) in [5.74, 6) is -0.857. The van der Waals surface area contributed by atoms with Crippen molar-refractivity contribution in [3.8, 4) is 23.0 Å². The number of alkyl halides is 1. The Morgan fingerprint density at radius 1 is 1.33 bits per heavy atom. The Kier molecular flexibility index (Phi) is 7.48. The monoisotopic (exact) mass is 472 g/mol. The van der Waals surface area contributed by atoms with Crippen molar-refractivity contribution in [2.45, 2.75) is 25.0 Å². The first-order chi connectivity index (χ1) is 14.4. The molecule has 0 amide bonds. The van der Waals surface area contributed by atoms with Gasteiger partial charge in [-0.05, 0) is 24.3 Å². The number of ether oxygens (including phenoxy) is 1. The second kappa shape index (κ2) is 10.1. The van der Waals surface area contributed by atoms with Crippen LogP contribution in [0, 0.1) is 5.95 Å². The summed E-state index contributed by atoms with van der Waals surface area (Å²) in [5.41, 5.74) is 0.846. The molecule has 0 aliphatic carbocycles. The third kappa shape index (κ3) is 5.20. The fraction of sp³-hybridized carbons (Fsp3) is 0.222. The van der Waals surface area contributed by atoms with Crippen molar-refractivity contribution < 1.29 is 23.7 Å². The molecule has 158 valence electrons. The van der Waals surface area contributed by atoms with Crippen molar-refractivity contribution in [1.29, 1.82) is 0 Å². The zero-order chi connectivity index (χ0) is 21.7. The lowest BCUT2D eigenvalue weighted by Crippen LogP contribution is -2.18. The minimum atomic E-state index is -1.01. The van der Waals surface area contributed by atoms with Gasteiger partial charge in [0.15, 0.2) is 5.82 Å². The quantitative estimate of drug-likeness (QED) is 0.117. The summed E-state index contributed by atoms with van der Waals surface area (Å²) in [6.45, 7) is 2.68. The maximum atomic E-state index is 13.3. The number of nitrogens with zero attached hydrogens (tertiary/aromatic N) is 4. The molecule has 1 unspecified atom stereocenters. The lowest BCUT2D eigenvalue weighted by molar-refractivity contribution is -0.329. The molecule has 0 N–H and O–H groups in total. The van der Waals surface area contributed by atoms with E-state index in [4.69, 9.17) is 32.8 Å². The normalized spacial score (nSPS) is 11.9. The van der Waals surface area contributed by atoms with Gasteiger partial charge in [-0.1, -0.05) is 11.6 Å². The average molecular weight is 473 g/mol. The molecule has 0 saturated heterocycles. The van der Waals surface area contributed by atoms with Gasteiger partial charge in [0.25, 0.3) is 5.88 Å². The molecule has 1 atom stereocenters. The smallest absolute Gasteiger partial charge is 0.339 e. The maximum Gasteiger partial charge on any atom is 0.339 e. The van der Waals surface area contributed by atoms with Crippen LogP contribution in [0.3, 0.4) is 0 Å². The van der Waals surface area contributed by atoms with Crippen molar-refractivity contribution >= 4 is 40.9 Å². The number of carbonyl (C=O) groups excluding carboxylic acids is 1. The van der Waals surface area contributed by atoms with Crippen molar-refractivity contribution in [2.75, 3.05) is 5.21 Å². The van der Waals surface area contributed by atoms with Gasteiger partial charge in [0, 0.05) is 31.8 Å². The lowest BCUT2D eigenvalue weighted by Gasteiger charge is -2.11. The van der Waals surface area contributed by atoms with E-state index in [1.807, 2.05) is 6.07 Å². The second-order valence-electron chi connectivity index (χ2n) is 5.68. The highest BCUT2D eigenvalue weighted by Gasteiger charge is 2.24. The van der Waals surface area contributed by atoms with Crippen LogP contribution in [-0.4, -0.2) is 37.2 Å². The predicted octanol–water partition coefficient (Wildman–Crippen LogP) is 4.63. The average Bonchev–Trinajstić information content (AvgIpc) is 3.04. The molecule has 3 heterocycles. The van der Waals surface area contributed by atoms with E-state index in [0.29, 0.717) is 17.1 Å². The Hall–Kier alpha value is -2.40. The molecule has 30 heavy (non-hydrogen) atoms. The molecule has 12 heteroatoms. The minimum absolute atomic E-state index is 0.0110. The van der Waals surface area contributed by atoms with E-state index in [9.17, 15) is 9.18 Å². The molecule has 3 rings (SSSR count). The predicted molar refractivity (Wildman–Crippen MR) is 109 cm³/mol. The van der Waals surface area contributed by atoms with Crippen LogP contribution in [0.1, 0.15) is 13.8 Å². The maximum absolute atomic E-state index is 13.3. The van der Waals surface area contributed by atoms with Gasteiger partial charge in [-0.2, -0.15) is 4.39 Å². The van der Waals surface area contributed by atoms with Crippen molar-refractivity contribution in [2.24, 2.45) is 0 Å². The zero-order valence-corrected chi connectivity index (χ0v) is 18.0. The number of carbonyl (C=O) groups is 1. The highest BCUT2D eigenvalue weighted by Crippen LogP contribution is 2.38. The number of halogens is 3.